The Morgan fingerprint density at radius 1 is 0.800 bits per heavy atom. The average Bonchev–Trinajstić information content (AvgIpc) is 2.80. The van der Waals surface area contributed by atoms with Gasteiger partial charge in [-0.25, -0.2) is 4.79 Å². The standard InChI is InChI=1S/C26H22O4/c1-2-25(27)30-22(17-28-21-12-4-3-5-13-21)18-29-26-23-14-8-6-10-19(23)16-20-11-7-9-15-24(20)26/h2-16,22H,1,17-18H2. The number of carbonyl (C=O) groups excluding carboxylic acids is 1. The molecular formula is C26H22O4. The summed E-state index contributed by atoms with van der Waals surface area (Å²) in [7, 11) is 0. The second kappa shape index (κ2) is 9.14. The van der Waals surface area contributed by atoms with Gasteiger partial charge in [-0.1, -0.05) is 73.3 Å². The number of fused-ring (bicyclic) bond motifs is 2. The van der Waals surface area contributed by atoms with E-state index in [0.29, 0.717) is 5.75 Å². The van der Waals surface area contributed by atoms with E-state index in [2.05, 4.69) is 24.8 Å². The van der Waals surface area contributed by atoms with E-state index in [1.807, 2.05) is 66.7 Å². The van der Waals surface area contributed by atoms with Crippen molar-refractivity contribution in [2.24, 2.45) is 0 Å². The molecule has 0 bridgehead atoms. The lowest BCUT2D eigenvalue weighted by atomic mass is 10.0. The van der Waals surface area contributed by atoms with Gasteiger partial charge in [0.05, 0.1) is 0 Å². The summed E-state index contributed by atoms with van der Waals surface area (Å²) in [6.07, 6.45) is 0.552. The molecule has 0 aliphatic rings. The zero-order valence-electron chi connectivity index (χ0n) is 16.5. The van der Waals surface area contributed by atoms with Crippen LogP contribution in [-0.4, -0.2) is 25.3 Å². The predicted octanol–water partition coefficient (Wildman–Crippen LogP) is 5.55. The largest absolute Gasteiger partial charge is 0.490 e. The molecule has 0 spiro atoms. The fourth-order valence-corrected chi connectivity index (χ4v) is 3.34. The van der Waals surface area contributed by atoms with E-state index in [1.54, 1.807) is 0 Å². The highest BCUT2D eigenvalue weighted by Crippen LogP contribution is 2.34. The topological polar surface area (TPSA) is 44.8 Å². The Balaban J connectivity index is 1.59. The Morgan fingerprint density at radius 2 is 1.37 bits per heavy atom. The first-order chi connectivity index (χ1) is 14.7. The summed E-state index contributed by atoms with van der Waals surface area (Å²) in [5, 5.41) is 4.20. The average molecular weight is 398 g/mol. The summed E-state index contributed by atoms with van der Waals surface area (Å²) in [4.78, 5) is 11.8. The zero-order valence-corrected chi connectivity index (χ0v) is 16.5. The van der Waals surface area contributed by atoms with Crippen molar-refractivity contribution >= 4 is 27.5 Å². The molecular weight excluding hydrogens is 376 g/mol. The van der Waals surface area contributed by atoms with Crippen LogP contribution in [0.5, 0.6) is 11.5 Å². The lowest BCUT2D eigenvalue weighted by Gasteiger charge is -2.20. The first-order valence-corrected chi connectivity index (χ1v) is 9.79. The molecule has 4 aromatic carbocycles. The predicted molar refractivity (Wildman–Crippen MR) is 119 cm³/mol. The number of benzene rings is 4. The van der Waals surface area contributed by atoms with E-state index in [1.165, 1.54) is 0 Å². The van der Waals surface area contributed by atoms with Crippen molar-refractivity contribution in [3.63, 3.8) is 0 Å². The molecule has 1 atom stereocenters. The van der Waals surface area contributed by atoms with Crippen molar-refractivity contribution in [3.05, 3.63) is 97.6 Å². The summed E-state index contributed by atoms with van der Waals surface area (Å²) >= 11 is 0. The van der Waals surface area contributed by atoms with E-state index in [0.717, 1.165) is 33.4 Å². The van der Waals surface area contributed by atoms with Crippen molar-refractivity contribution < 1.29 is 19.0 Å². The molecule has 4 heteroatoms. The first kappa shape index (κ1) is 19.5. The number of para-hydroxylation sites is 1. The quantitative estimate of drug-likeness (QED) is 0.222. The molecule has 150 valence electrons. The van der Waals surface area contributed by atoms with Gasteiger partial charge in [0.1, 0.15) is 24.7 Å². The molecule has 4 rings (SSSR count). The third kappa shape index (κ3) is 4.44. The fourth-order valence-electron chi connectivity index (χ4n) is 3.34. The zero-order chi connectivity index (χ0) is 20.8. The number of rotatable bonds is 8. The monoisotopic (exact) mass is 398 g/mol. The van der Waals surface area contributed by atoms with Crippen LogP contribution in [0, 0.1) is 0 Å². The maximum atomic E-state index is 11.8. The van der Waals surface area contributed by atoms with Crippen LogP contribution in [0.4, 0.5) is 0 Å². The third-order valence-corrected chi connectivity index (χ3v) is 4.76. The minimum Gasteiger partial charge on any atom is -0.490 e. The molecule has 4 nitrogen and oxygen atoms in total. The van der Waals surface area contributed by atoms with Gasteiger partial charge < -0.3 is 14.2 Å². The molecule has 30 heavy (non-hydrogen) atoms. The molecule has 0 N–H and O–H groups in total. The number of ether oxygens (including phenoxy) is 3. The number of hydrogen-bond donors (Lipinski definition) is 0. The van der Waals surface area contributed by atoms with Crippen LogP contribution in [0.25, 0.3) is 21.5 Å². The summed E-state index contributed by atoms with van der Waals surface area (Å²) < 4.78 is 17.5. The van der Waals surface area contributed by atoms with Crippen LogP contribution < -0.4 is 9.47 Å². The van der Waals surface area contributed by atoms with Crippen LogP contribution in [0.1, 0.15) is 0 Å². The second-order valence-electron chi connectivity index (χ2n) is 6.85. The normalized spacial score (nSPS) is 11.7. The van der Waals surface area contributed by atoms with Gasteiger partial charge in [0.2, 0.25) is 0 Å². The maximum absolute atomic E-state index is 11.8. The molecule has 0 fully saturated rings. The van der Waals surface area contributed by atoms with Gasteiger partial charge in [-0.2, -0.15) is 0 Å². The Kier molecular flexibility index (Phi) is 5.95. The highest BCUT2D eigenvalue weighted by molar-refractivity contribution is 6.05. The molecule has 1 unspecified atom stereocenters. The third-order valence-electron chi connectivity index (χ3n) is 4.76. The van der Waals surface area contributed by atoms with Crippen molar-refractivity contribution in [1.29, 1.82) is 0 Å². The van der Waals surface area contributed by atoms with E-state index in [-0.39, 0.29) is 13.2 Å². The van der Waals surface area contributed by atoms with Crippen LogP contribution in [0.2, 0.25) is 0 Å². The Hall–Kier alpha value is -3.79. The molecule has 4 aromatic rings. The minimum absolute atomic E-state index is 0.157. The summed E-state index contributed by atoms with van der Waals surface area (Å²) in [6, 6.07) is 27.7. The van der Waals surface area contributed by atoms with Crippen molar-refractivity contribution in [1.82, 2.24) is 0 Å². The van der Waals surface area contributed by atoms with Crippen LogP contribution in [0.15, 0.2) is 97.6 Å². The van der Waals surface area contributed by atoms with Gasteiger partial charge in [0.25, 0.3) is 0 Å². The molecule has 0 aliphatic heterocycles. The number of esters is 1. The lowest BCUT2D eigenvalue weighted by Crippen LogP contribution is -2.30. The Morgan fingerprint density at radius 3 is 2.00 bits per heavy atom. The molecule has 0 radical (unpaired) electrons. The molecule has 0 amide bonds. The Bertz CT molecular complexity index is 1110. The van der Waals surface area contributed by atoms with E-state index in [4.69, 9.17) is 14.2 Å². The molecule has 0 saturated carbocycles. The first-order valence-electron chi connectivity index (χ1n) is 9.79. The van der Waals surface area contributed by atoms with Crippen LogP contribution >= 0.6 is 0 Å². The number of carbonyl (C=O) groups is 1. The van der Waals surface area contributed by atoms with Gasteiger partial charge in [0, 0.05) is 16.8 Å². The molecule has 0 heterocycles. The van der Waals surface area contributed by atoms with Crippen LogP contribution in [-0.2, 0) is 9.53 Å². The highest BCUT2D eigenvalue weighted by atomic mass is 16.6. The smallest absolute Gasteiger partial charge is 0.330 e. The summed E-state index contributed by atoms with van der Waals surface area (Å²) in [6.45, 7) is 3.81. The summed E-state index contributed by atoms with van der Waals surface area (Å²) in [5.74, 6) is 0.957. The van der Waals surface area contributed by atoms with E-state index >= 15 is 0 Å². The Labute approximate surface area is 175 Å². The van der Waals surface area contributed by atoms with Crippen LogP contribution in [0.3, 0.4) is 0 Å². The van der Waals surface area contributed by atoms with Gasteiger partial charge >= 0.3 is 5.97 Å². The van der Waals surface area contributed by atoms with Crippen molar-refractivity contribution in [3.8, 4) is 11.5 Å². The number of hydrogen-bond acceptors (Lipinski definition) is 4. The van der Waals surface area contributed by atoms with E-state index in [9.17, 15) is 4.79 Å². The maximum Gasteiger partial charge on any atom is 0.330 e. The van der Waals surface area contributed by atoms with Crippen molar-refractivity contribution in [2.45, 2.75) is 6.10 Å². The van der Waals surface area contributed by atoms with Gasteiger partial charge in [-0.3, -0.25) is 0 Å². The van der Waals surface area contributed by atoms with Crippen molar-refractivity contribution in [2.75, 3.05) is 13.2 Å². The fraction of sp³-hybridized carbons (Fsp3) is 0.115. The van der Waals surface area contributed by atoms with E-state index < -0.39 is 12.1 Å². The molecule has 0 aliphatic carbocycles. The second-order valence-corrected chi connectivity index (χ2v) is 6.85. The SMILES string of the molecule is C=CC(=O)OC(COc1ccccc1)COc1c2ccccc2cc2ccccc12. The molecule has 0 aromatic heterocycles. The lowest BCUT2D eigenvalue weighted by molar-refractivity contribution is -0.146. The summed E-state index contributed by atoms with van der Waals surface area (Å²) in [5.41, 5.74) is 0. The highest BCUT2D eigenvalue weighted by Gasteiger charge is 2.17. The molecule has 0 saturated heterocycles. The van der Waals surface area contributed by atoms with Gasteiger partial charge in [-0.05, 0) is 29.0 Å². The minimum atomic E-state index is -0.589. The van der Waals surface area contributed by atoms with Gasteiger partial charge in [0.15, 0.2) is 6.10 Å². The van der Waals surface area contributed by atoms with Gasteiger partial charge in [-0.15, -0.1) is 0 Å².